The molecule has 2 aromatic rings. The van der Waals surface area contributed by atoms with Gasteiger partial charge in [0.25, 0.3) is 0 Å². The highest BCUT2D eigenvalue weighted by Gasteiger charge is 2.33. The van der Waals surface area contributed by atoms with Gasteiger partial charge in [-0.05, 0) is 38.1 Å². The quantitative estimate of drug-likeness (QED) is 0.858. The highest BCUT2D eigenvalue weighted by molar-refractivity contribution is 5.92. The molecule has 0 fully saturated rings. The fourth-order valence-electron chi connectivity index (χ4n) is 2.27. The highest BCUT2D eigenvalue weighted by Crippen LogP contribution is 2.34. The number of para-hydroxylation sites is 1. The largest absolute Gasteiger partial charge is 0.418 e. The molecule has 7 heteroatoms. The van der Waals surface area contributed by atoms with Gasteiger partial charge in [-0.3, -0.25) is 9.78 Å². The number of alkyl halides is 3. The van der Waals surface area contributed by atoms with E-state index in [2.05, 4.69) is 15.6 Å². The molecule has 0 aliphatic heterocycles. The van der Waals surface area contributed by atoms with Crippen LogP contribution in [0, 0.1) is 6.92 Å². The standard InChI is InChI=1S/C17H18F3N3O/c1-11(22-14-8-5-9-21-12(14)2)10-16(24)23-15-7-4-3-6-13(15)17(18,19)20/h3-9,11,22H,10H2,1-2H3,(H,23,24)/t11-/m1/s1. The average molecular weight is 337 g/mol. The van der Waals surface area contributed by atoms with Crippen molar-refractivity contribution in [3.05, 3.63) is 53.9 Å². The maximum atomic E-state index is 12.9. The number of amides is 1. The molecule has 0 spiro atoms. The summed E-state index contributed by atoms with van der Waals surface area (Å²) < 4.78 is 38.8. The van der Waals surface area contributed by atoms with Crippen molar-refractivity contribution in [2.45, 2.75) is 32.5 Å². The molecule has 2 rings (SSSR count). The van der Waals surface area contributed by atoms with Crippen molar-refractivity contribution < 1.29 is 18.0 Å². The van der Waals surface area contributed by atoms with Gasteiger partial charge in [0.2, 0.25) is 5.91 Å². The van der Waals surface area contributed by atoms with Gasteiger partial charge in [-0.2, -0.15) is 13.2 Å². The van der Waals surface area contributed by atoms with Crippen molar-refractivity contribution in [1.82, 2.24) is 4.98 Å². The number of anilines is 2. The molecule has 2 N–H and O–H groups in total. The molecule has 0 saturated carbocycles. The summed E-state index contributed by atoms with van der Waals surface area (Å²) in [6.45, 7) is 3.61. The molecular formula is C17H18F3N3O. The third-order valence-corrected chi connectivity index (χ3v) is 3.41. The van der Waals surface area contributed by atoms with Crippen LogP contribution >= 0.6 is 0 Å². The summed E-state index contributed by atoms with van der Waals surface area (Å²) in [4.78, 5) is 16.2. The minimum Gasteiger partial charge on any atom is -0.381 e. The monoisotopic (exact) mass is 337 g/mol. The predicted octanol–water partition coefficient (Wildman–Crippen LogP) is 4.24. The van der Waals surface area contributed by atoms with Crippen molar-refractivity contribution in [3.63, 3.8) is 0 Å². The molecule has 0 unspecified atom stereocenters. The normalized spacial score (nSPS) is 12.5. The Labute approximate surface area is 138 Å². The predicted molar refractivity (Wildman–Crippen MR) is 86.7 cm³/mol. The molecule has 4 nitrogen and oxygen atoms in total. The number of carbonyl (C=O) groups is 1. The molecular weight excluding hydrogens is 319 g/mol. The topological polar surface area (TPSA) is 54.0 Å². The lowest BCUT2D eigenvalue weighted by Crippen LogP contribution is -2.25. The molecule has 1 atom stereocenters. The van der Waals surface area contributed by atoms with E-state index in [0.717, 1.165) is 17.4 Å². The SMILES string of the molecule is Cc1ncccc1N[C@H](C)CC(=O)Nc1ccccc1C(F)(F)F. The Hall–Kier alpha value is -2.57. The number of hydrogen-bond donors (Lipinski definition) is 2. The van der Waals surface area contributed by atoms with E-state index in [1.165, 1.54) is 18.2 Å². The van der Waals surface area contributed by atoms with Crippen molar-refractivity contribution in [2.75, 3.05) is 10.6 Å². The summed E-state index contributed by atoms with van der Waals surface area (Å²) in [7, 11) is 0. The van der Waals surface area contributed by atoms with Crippen LogP contribution in [-0.2, 0) is 11.0 Å². The van der Waals surface area contributed by atoms with Crippen LogP contribution in [0.1, 0.15) is 24.6 Å². The molecule has 1 aromatic heterocycles. The van der Waals surface area contributed by atoms with E-state index in [9.17, 15) is 18.0 Å². The fourth-order valence-corrected chi connectivity index (χ4v) is 2.27. The molecule has 24 heavy (non-hydrogen) atoms. The summed E-state index contributed by atoms with van der Waals surface area (Å²) in [5, 5.41) is 5.46. The Bertz CT molecular complexity index is 716. The zero-order valence-electron chi connectivity index (χ0n) is 13.3. The van der Waals surface area contributed by atoms with E-state index in [1.807, 2.05) is 13.0 Å². The van der Waals surface area contributed by atoms with Crippen LogP contribution in [0.4, 0.5) is 24.5 Å². The number of hydrogen-bond acceptors (Lipinski definition) is 3. The molecule has 1 heterocycles. The van der Waals surface area contributed by atoms with Crippen LogP contribution in [0.2, 0.25) is 0 Å². The number of rotatable bonds is 5. The first-order valence-corrected chi connectivity index (χ1v) is 7.41. The lowest BCUT2D eigenvalue weighted by atomic mass is 10.1. The first kappa shape index (κ1) is 17.8. The van der Waals surface area contributed by atoms with E-state index in [4.69, 9.17) is 0 Å². The fraction of sp³-hybridized carbons (Fsp3) is 0.294. The van der Waals surface area contributed by atoms with Crippen LogP contribution in [0.15, 0.2) is 42.6 Å². The maximum absolute atomic E-state index is 12.9. The molecule has 128 valence electrons. The second-order valence-electron chi connectivity index (χ2n) is 5.48. The van der Waals surface area contributed by atoms with Gasteiger partial charge in [0.15, 0.2) is 0 Å². The van der Waals surface area contributed by atoms with Crippen LogP contribution in [0.5, 0.6) is 0 Å². The molecule has 1 aromatic carbocycles. The van der Waals surface area contributed by atoms with Crippen LogP contribution < -0.4 is 10.6 Å². The Balaban J connectivity index is 2.00. The lowest BCUT2D eigenvalue weighted by molar-refractivity contribution is -0.137. The maximum Gasteiger partial charge on any atom is 0.418 e. The van der Waals surface area contributed by atoms with Crippen LogP contribution in [0.25, 0.3) is 0 Å². The first-order valence-electron chi connectivity index (χ1n) is 7.41. The van der Waals surface area contributed by atoms with Crippen molar-refractivity contribution in [1.29, 1.82) is 0 Å². The molecule has 0 saturated heterocycles. The van der Waals surface area contributed by atoms with Crippen molar-refractivity contribution >= 4 is 17.3 Å². The first-order chi connectivity index (χ1) is 11.3. The van der Waals surface area contributed by atoms with Gasteiger partial charge in [0.1, 0.15) is 0 Å². The number of nitrogens with zero attached hydrogens (tertiary/aromatic N) is 1. The minimum atomic E-state index is -4.51. The number of nitrogens with one attached hydrogen (secondary N) is 2. The zero-order chi connectivity index (χ0) is 17.7. The zero-order valence-corrected chi connectivity index (χ0v) is 13.3. The molecule has 1 amide bonds. The number of carbonyl (C=O) groups excluding carboxylic acids is 1. The number of aryl methyl sites for hydroxylation is 1. The van der Waals surface area contributed by atoms with E-state index < -0.39 is 17.6 Å². The van der Waals surface area contributed by atoms with Crippen molar-refractivity contribution in [3.8, 4) is 0 Å². The summed E-state index contributed by atoms with van der Waals surface area (Å²) >= 11 is 0. The lowest BCUT2D eigenvalue weighted by Gasteiger charge is -2.17. The Morgan fingerprint density at radius 1 is 1.17 bits per heavy atom. The van der Waals surface area contributed by atoms with Gasteiger partial charge in [-0.15, -0.1) is 0 Å². The smallest absolute Gasteiger partial charge is 0.381 e. The second kappa shape index (κ2) is 7.33. The Morgan fingerprint density at radius 2 is 1.83 bits per heavy atom. The minimum absolute atomic E-state index is 0.0283. The highest BCUT2D eigenvalue weighted by atomic mass is 19.4. The van der Waals surface area contributed by atoms with Crippen molar-refractivity contribution in [2.24, 2.45) is 0 Å². The summed E-state index contributed by atoms with van der Waals surface area (Å²) in [6.07, 6.45) is -2.83. The van der Waals surface area contributed by atoms with E-state index in [-0.39, 0.29) is 18.2 Å². The Kier molecular flexibility index (Phi) is 5.43. The molecule has 0 radical (unpaired) electrons. The van der Waals surface area contributed by atoms with Gasteiger partial charge < -0.3 is 10.6 Å². The average Bonchev–Trinajstić information content (AvgIpc) is 2.49. The third-order valence-electron chi connectivity index (χ3n) is 3.41. The number of benzene rings is 1. The van der Waals surface area contributed by atoms with E-state index in [1.54, 1.807) is 19.2 Å². The number of pyridine rings is 1. The van der Waals surface area contributed by atoms with Gasteiger partial charge in [0.05, 0.1) is 22.6 Å². The number of aromatic nitrogens is 1. The Morgan fingerprint density at radius 3 is 2.50 bits per heavy atom. The molecule has 0 aliphatic rings. The van der Waals surface area contributed by atoms with Gasteiger partial charge in [0, 0.05) is 18.7 Å². The molecule has 0 aliphatic carbocycles. The van der Waals surface area contributed by atoms with Gasteiger partial charge >= 0.3 is 6.18 Å². The summed E-state index contributed by atoms with van der Waals surface area (Å²) in [5.74, 6) is -0.492. The van der Waals surface area contributed by atoms with Gasteiger partial charge in [-0.1, -0.05) is 12.1 Å². The molecule has 0 bridgehead atoms. The van der Waals surface area contributed by atoms with E-state index >= 15 is 0 Å². The third kappa shape index (κ3) is 4.71. The van der Waals surface area contributed by atoms with Crippen LogP contribution in [-0.4, -0.2) is 16.9 Å². The van der Waals surface area contributed by atoms with Gasteiger partial charge in [-0.25, -0.2) is 0 Å². The van der Waals surface area contributed by atoms with Crippen LogP contribution in [0.3, 0.4) is 0 Å². The van der Waals surface area contributed by atoms with E-state index in [0.29, 0.717) is 0 Å². The summed E-state index contributed by atoms with van der Waals surface area (Å²) in [6, 6.07) is 8.25. The number of halogens is 3. The summed E-state index contributed by atoms with van der Waals surface area (Å²) in [5.41, 5.74) is 0.475. The second-order valence-corrected chi connectivity index (χ2v) is 5.48.